The number of amides is 1. The lowest BCUT2D eigenvalue weighted by Gasteiger charge is -2.22. The molecule has 18 heavy (non-hydrogen) atoms. The van der Waals surface area contributed by atoms with Gasteiger partial charge in [-0.15, -0.1) is 0 Å². The van der Waals surface area contributed by atoms with E-state index < -0.39 is 0 Å². The quantitative estimate of drug-likeness (QED) is 0.810. The van der Waals surface area contributed by atoms with E-state index in [0.29, 0.717) is 12.4 Å². The molecule has 5 heteroatoms. The van der Waals surface area contributed by atoms with Gasteiger partial charge in [0.25, 0.3) is 0 Å². The normalized spacial score (nSPS) is 10.9. The third-order valence-corrected chi connectivity index (χ3v) is 3.02. The van der Waals surface area contributed by atoms with Gasteiger partial charge in [-0.05, 0) is 19.8 Å². The van der Waals surface area contributed by atoms with Crippen molar-refractivity contribution in [2.24, 2.45) is 5.92 Å². The number of nitrogens with zero attached hydrogens (tertiary/aromatic N) is 3. The van der Waals surface area contributed by atoms with Crippen LogP contribution < -0.4 is 0 Å². The van der Waals surface area contributed by atoms with Crippen LogP contribution in [0.1, 0.15) is 51.2 Å². The Kier molecular flexibility index (Phi) is 5.82. The summed E-state index contributed by atoms with van der Waals surface area (Å²) in [5.74, 6) is 1.81. The molecule has 5 nitrogen and oxygen atoms in total. The summed E-state index contributed by atoms with van der Waals surface area (Å²) < 4.78 is 0. The number of aromatic nitrogens is 3. The second kappa shape index (κ2) is 7.13. The Morgan fingerprint density at radius 2 is 1.94 bits per heavy atom. The Morgan fingerprint density at radius 1 is 1.33 bits per heavy atom. The second-order valence-electron chi connectivity index (χ2n) is 4.81. The largest absolute Gasteiger partial charge is 0.338 e. The molecule has 0 saturated heterocycles. The van der Waals surface area contributed by atoms with Crippen LogP contribution in [0.3, 0.4) is 0 Å². The lowest BCUT2D eigenvalue weighted by molar-refractivity contribution is -0.135. The number of H-pyrrole nitrogens is 1. The zero-order chi connectivity index (χ0) is 13.5. The van der Waals surface area contributed by atoms with Crippen molar-refractivity contribution in [3.63, 3.8) is 0 Å². The Balaban J connectivity index is 2.58. The van der Waals surface area contributed by atoms with Gasteiger partial charge in [0.1, 0.15) is 5.82 Å². The summed E-state index contributed by atoms with van der Waals surface area (Å²) in [5.41, 5.74) is 0. The summed E-state index contributed by atoms with van der Waals surface area (Å²) in [6, 6.07) is 0. The maximum absolute atomic E-state index is 12.3. The standard InChI is InChI=1S/C13H24N4O/c1-5-7-11(8-6-2)13(18)17(4)9-12-14-10(3)15-16-12/h11H,5-9H2,1-4H3,(H,14,15,16). The zero-order valence-electron chi connectivity index (χ0n) is 11.9. The Bertz CT molecular complexity index is 369. The summed E-state index contributed by atoms with van der Waals surface area (Å²) >= 11 is 0. The Morgan fingerprint density at radius 3 is 2.39 bits per heavy atom. The van der Waals surface area contributed by atoms with E-state index in [4.69, 9.17) is 0 Å². The minimum absolute atomic E-state index is 0.144. The molecule has 102 valence electrons. The monoisotopic (exact) mass is 252 g/mol. The molecule has 1 rings (SSSR count). The van der Waals surface area contributed by atoms with Crippen LogP contribution >= 0.6 is 0 Å². The molecule has 1 aromatic heterocycles. The first-order valence-corrected chi connectivity index (χ1v) is 6.71. The van der Waals surface area contributed by atoms with Crippen LogP contribution in [0.2, 0.25) is 0 Å². The van der Waals surface area contributed by atoms with Crippen molar-refractivity contribution in [2.45, 2.75) is 53.0 Å². The third kappa shape index (κ3) is 4.13. The molecule has 1 aromatic rings. The van der Waals surface area contributed by atoms with E-state index >= 15 is 0 Å². The van der Waals surface area contributed by atoms with Crippen LogP contribution in [0, 0.1) is 12.8 Å². The van der Waals surface area contributed by atoms with Gasteiger partial charge in [0.05, 0.1) is 6.54 Å². The average molecular weight is 252 g/mol. The van der Waals surface area contributed by atoms with E-state index in [2.05, 4.69) is 29.0 Å². The predicted octanol–water partition coefficient (Wildman–Crippen LogP) is 2.29. The number of carbonyl (C=O) groups excluding carboxylic acids is 1. The Labute approximate surface area is 109 Å². The molecule has 0 radical (unpaired) electrons. The molecule has 0 unspecified atom stereocenters. The molecule has 0 bridgehead atoms. The number of aryl methyl sites for hydroxylation is 1. The lowest BCUT2D eigenvalue weighted by atomic mass is 9.97. The van der Waals surface area contributed by atoms with Crippen molar-refractivity contribution in [1.82, 2.24) is 20.1 Å². The highest BCUT2D eigenvalue weighted by molar-refractivity contribution is 5.78. The maximum Gasteiger partial charge on any atom is 0.225 e. The number of nitrogens with one attached hydrogen (secondary N) is 1. The SMILES string of the molecule is CCCC(CCC)C(=O)N(C)Cc1n[nH]c(C)n1. The number of hydrogen-bond acceptors (Lipinski definition) is 3. The molecule has 1 heterocycles. The van der Waals surface area contributed by atoms with Gasteiger partial charge in [0.2, 0.25) is 5.91 Å². The van der Waals surface area contributed by atoms with Gasteiger partial charge in [-0.1, -0.05) is 26.7 Å². The van der Waals surface area contributed by atoms with Crippen LogP contribution in [0.5, 0.6) is 0 Å². The molecule has 0 aromatic carbocycles. The van der Waals surface area contributed by atoms with Crippen LogP contribution in [0.15, 0.2) is 0 Å². The van der Waals surface area contributed by atoms with Crippen molar-refractivity contribution < 1.29 is 4.79 Å². The van der Waals surface area contributed by atoms with E-state index in [1.807, 2.05) is 14.0 Å². The molecule has 1 N–H and O–H groups in total. The molecule has 0 atom stereocenters. The van der Waals surface area contributed by atoms with Crippen molar-refractivity contribution in [2.75, 3.05) is 7.05 Å². The van der Waals surface area contributed by atoms with Crippen molar-refractivity contribution in [3.8, 4) is 0 Å². The molecular formula is C13H24N4O. The smallest absolute Gasteiger partial charge is 0.225 e. The van der Waals surface area contributed by atoms with E-state index in [-0.39, 0.29) is 11.8 Å². The van der Waals surface area contributed by atoms with Gasteiger partial charge in [-0.2, -0.15) is 5.10 Å². The van der Waals surface area contributed by atoms with Crippen LogP contribution in [0.4, 0.5) is 0 Å². The first kappa shape index (κ1) is 14.7. The fourth-order valence-electron chi connectivity index (χ4n) is 2.15. The van der Waals surface area contributed by atoms with E-state index in [9.17, 15) is 4.79 Å². The van der Waals surface area contributed by atoms with Crippen LogP contribution in [0.25, 0.3) is 0 Å². The zero-order valence-corrected chi connectivity index (χ0v) is 11.9. The lowest BCUT2D eigenvalue weighted by Crippen LogP contribution is -2.32. The molecule has 0 aliphatic heterocycles. The number of carbonyl (C=O) groups is 1. The first-order chi connectivity index (χ1) is 8.58. The molecule has 0 fully saturated rings. The molecular weight excluding hydrogens is 228 g/mol. The van der Waals surface area contributed by atoms with Gasteiger partial charge >= 0.3 is 0 Å². The van der Waals surface area contributed by atoms with E-state index in [1.54, 1.807) is 4.90 Å². The number of rotatable bonds is 7. The maximum atomic E-state index is 12.3. The van der Waals surface area contributed by atoms with Crippen molar-refractivity contribution in [3.05, 3.63) is 11.6 Å². The topological polar surface area (TPSA) is 61.9 Å². The summed E-state index contributed by atoms with van der Waals surface area (Å²) in [5, 5.41) is 6.85. The fraction of sp³-hybridized carbons (Fsp3) is 0.769. The predicted molar refractivity (Wildman–Crippen MR) is 70.9 cm³/mol. The van der Waals surface area contributed by atoms with Gasteiger partial charge in [0, 0.05) is 13.0 Å². The highest BCUT2D eigenvalue weighted by Gasteiger charge is 2.21. The minimum Gasteiger partial charge on any atom is -0.338 e. The van der Waals surface area contributed by atoms with Gasteiger partial charge in [-0.3, -0.25) is 9.89 Å². The highest BCUT2D eigenvalue weighted by Crippen LogP contribution is 2.16. The summed E-state index contributed by atoms with van der Waals surface area (Å²) in [7, 11) is 1.83. The third-order valence-electron chi connectivity index (χ3n) is 3.02. The summed E-state index contributed by atoms with van der Waals surface area (Å²) in [6.45, 7) is 6.57. The highest BCUT2D eigenvalue weighted by atomic mass is 16.2. The van der Waals surface area contributed by atoms with Gasteiger partial charge in [0.15, 0.2) is 5.82 Å². The molecule has 0 saturated carbocycles. The number of aromatic amines is 1. The van der Waals surface area contributed by atoms with Gasteiger partial charge in [-0.25, -0.2) is 4.98 Å². The molecule has 0 aliphatic rings. The summed E-state index contributed by atoms with van der Waals surface area (Å²) in [6.07, 6.45) is 4.02. The minimum atomic E-state index is 0.144. The average Bonchev–Trinajstić information content (AvgIpc) is 2.73. The van der Waals surface area contributed by atoms with Crippen LogP contribution in [-0.2, 0) is 11.3 Å². The fourth-order valence-corrected chi connectivity index (χ4v) is 2.15. The summed E-state index contributed by atoms with van der Waals surface area (Å²) in [4.78, 5) is 18.3. The second-order valence-corrected chi connectivity index (χ2v) is 4.81. The van der Waals surface area contributed by atoms with E-state index in [0.717, 1.165) is 31.5 Å². The van der Waals surface area contributed by atoms with Crippen LogP contribution in [-0.4, -0.2) is 33.0 Å². The first-order valence-electron chi connectivity index (χ1n) is 6.71. The molecule has 1 amide bonds. The number of hydrogen-bond donors (Lipinski definition) is 1. The molecule has 0 aliphatic carbocycles. The van der Waals surface area contributed by atoms with Gasteiger partial charge < -0.3 is 4.90 Å². The van der Waals surface area contributed by atoms with Crippen molar-refractivity contribution in [1.29, 1.82) is 0 Å². The Hall–Kier alpha value is -1.39. The van der Waals surface area contributed by atoms with E-state index in [1.165, 1.54) is 0 Å². The molecule has 0 spiro atoms. The van der Waals surface area contributed by atoms with Crippen molar-refractivity contribution >= 4 is 5.91 Å².